The van der Waals surface area contributed by atoms with Crippen LogP contribution in [0.25, 0.3) is 0 Å². The lowest BCUT2D eigenvalue weighted by Gasteiger charge is -2.28. The van der Waals surface area contributed by atoms with Crippen LogP contribution in [0.3, 0.4) is 0 Å². The monoisotopic (exact) mass is 322 g/mol. The molecule has 0 radical (unpaired) electrons. The summed E-state index contributed by atoms with van der Waals surface area (Å²) in [4.78, 5) is 12.1. The molecule has 0 spiro atoms. The maximum atomic E-state index is 12.1. The quantitative estimate of drug-likeness (QED) is 0.886. The van der Waals surface area contributed by atoms with E-state index in [9.17, 15) is 4.79 Å². The molecule has 7 heteroatoms. The number of nitrogens with one attached hydrogen (secondary N) is 1. The van der Waals surface area contributed by atoms with Gasteiger partial charge >= 0.3 is 0 Å². The molecule has 5 nitrogen and oxygen atoms in total. The molecule has 2 rings (SSSR count). The third-order valence-electron chi connectivity index (χ3n) is 3.75. The van der Waals surface area contributed by atoms with Crippen molar-refractivity contribution < 1.29 is 4.79 Å². The number of nitrogens with two attached hydrogens (primary N) is 1. The summed E-state index contributed by atoms with van der Waals surface area (Å²) in [7, 11) is 0. The van der Waals surface area contributed by atoms with Crippen LogP contribution in [0.15, 0.2) is 6.07 Å². The Balaban J connectivity index is 0.00000180. The van der Waals surface area contributed by atoms with Crippen molar-refractivity contribution in [1.29, 1.82) is 0 Å². The number of halogens is 2. The summed E-state index contributed by atoms with van der Waals surface area (Å²) < 4.78 is 1.74. The first-order valence-electron chi connectivity index (χ1n) is 6.57. The minimum atomic E-state index is -0.173. The van der Waals surface area contributed by atoms with Crippen molar-refractivity contribution in [1.82, 2.24) is 15.1 Å². The lowest BCUT2D eigenvalue weighted by molar-refractivity contribution is -0.123. The molecule has 1 aliphatic carbocycles. The number of aromatic nitrogens is 2. The molecule has 1 aliphatic rings. The largest absolute Gasteiger partial charge is 0.348 e. The molecule has 1 amide bonds. The second-order valence-electron chi connectivity index (χ2n) is 5.32. The zero-order valence-corrected chi connectivity index (χ0v) is 13.6. The number of carbonyl (C=O) groups excluding carboxylic acids is 1. The molecule has 20 heavy (non-hydrogen) atoms. The van der Waals surface area contributed by atoms with Crippen LogP contribution in [0.1, 0.15) is 37.1 Å². The number of carbonyl (C=O) groups is 1. The highest BCUT2D eigenvalue weighted by Gasteiger charge is 2.33. The lowest BCUT2D eigenvalue weighted by atomic mass is 9.98. The van der Waals surface area contributed by atoms with Gasteiger partial charge in [0.2, 0.25) is 5.91 Å². The summed E-state index contributed by atoms with van der Waals surface area (Å²) in [5, 5.41) is 7.40. The fourth-order valence-electron chi connectivity index (χ4n) is 2.74. The van der Waals surface area contributed by atoms with Gasteiger partial charge in [-0.05, 0) is 32.8 Å². The highest BCUT2D eigenvalue weighted by Crippen LogP contribution is 2.28. The molecule has 3 N–H and O–H groups in total. The van der Waals surface area contributed by atoms with Gasteiger partial charge in [-0.25, -0.2) is 0 Å². The van der Waals surface area contributed by atoms with E-state index >= 15 is 0 Å². The van der Waals surface area contributed by atoms with Gasteiger partial charge in [0.1, 0.15) is 6.54 Å². The number of nitrogens with zero attached hydrogens (tertiary/aromatic N) is 2. The zero-order chi connectivity index (χ0) is 13.2. The highest BCUT2D eigenvalue weighted by atomic mass is 35.5. The molecule has 116 valence electrons. The summed E-state index contributed by atoms with van der Waals surface area (Å²) >= 11 is 0. The maximum Gasteiger partial charge on any atom is 0.242 e. The second kappa shape index (κ2) is 7.86. The average Bonchev–Trinajstić information content (AvgIpc) is 2.87. The van der Waals surface area contributed by atoms with Crippen LogP contribution in [-0.4, -0.2) is 27.8 Å². The topological polar surface area (TPSA) is 72.9 Å². The van der Waals surface area contributed by atoms with E-state index in [0.29, 0.717) is 6.54 Å². The SMILES string of the molecule is Cc1cc(C)n(CC(=O)NC2(CN)CCCC2)n1.Cl.Cl. The Labute approximate surface area is 132 Å². The van der Waals surface area contributed by atoms with Gasteiger partial charge in [0.25, 0.3) is 0 Å². The number of aryl methyl sites for hydroxylation is 2. The highest BCUT2D eigenvalue weighted by molar-refractivity contribution is 5.85. The van der Waals surface area contributed by atoms with Gasteiger partial charge in [0.15, 0.2) is 0 Å². The molecule has 1 aromatic heterocycles. The molecule has 0 unspecified atom stereocenters. The third kappa shape index (κ3) is 4.36. The van der Waals surface area contributed by atoms with E-state index in [0.717, 1.165) is 37.1 Å². The van der Waals surface area contributed by atoms with Crippen molar-refractivity contribution in [2.45, 2.75) is 51.6 Å². The standard InChI is InChI=1S/C13H22N4O.2ClH/c1-10-7-11(2)17(16-10)8-12(18)15-13(9-14)5-3-4-6-13;;/h7H,3-6,8-9,14H2,1-2H3,(H,15,18);2*1H. The minimum Gasteiger partial charge on any atom is -0.348 e. The fraction of sp³-hybridized carbons (Fsp3) is 0.692. The predicted octanol–water partition coefficient (Wildman–Crippen LogP) is 1.73. The first-order valence-corrected chi connectivity index (χ1v) is 6.57. The van der Waals surface area contributed by atoms with Gasteiger partial charge in [0, 0.05) is 12.2 Å². The molecule has 1 fully saturated rings. The number of rotatable bonds is 4. The van der Waals surface area contributed by atoms with Crippen LogP contribution < -0.4 is 11.1 Å². The molecule has 1 aromatic rings. The van der Waals surface area contributed by atoms with Crippen molar-refractivity contribution in [2.24, 2.45) is 5.73 Å². The molecule has 1 heterocycles. The summed E-state index contributed by atoms with van der Waals surface area (Å²) in [6, 6.07) is 1.97. The zero-order valence-electron chi connectivity index (χ0n) is 12.0. The normalized spacial score (nSPS) is 16.1. The molecule has 1 saturated carbocycles. The van der Waals surface area contributed by atoms with Gasteiger partial charge in [-0.2, -0.15) is 5.10 Å². The number of amides is 1. The van der Waals surface area contributed by atoms with Crippen LogP contribution in [0.2, 0.25) is 0 Å². The van der Waals surface area contributed by atoms with Gasteiger partial charge < -0.3 is 11.1 Å². The van der Waals surface area contributed by atoms with E-state index in [1.165, 1.54) is 0 Å². The average molecular weight is 323 g/mol. The maximum absolute atomic E-state index is 12.1. The van der Waals surface area contributed by atoms with Crippen LogP contribution in [0.5, 0.6) is 0 Å². The molecule has 0 aliphatic heterocycles. The van der Waals surface area contributed by atoms with Crippen LogP contribution in [0, 0.1) is 13.8 Å². The second-order valence-corrected chi connectivity index (χ2v) is 5.32. The van der Waals surface area contributed by atoms with E-state index in [-0.39, 0.29) is 42.8 Å². The van der Waals surface area contributed by atoms with Gasteiger partial charge in [-0.3, -0.25) is 9.48 Å². The predicted molar refractivity (Wildman–Crippen MR) is 84.6 cm³/mol. The Kier molecular flexibility index (Phi) is 7.55. The first kappa shape index (κ1) is 19.2. The minimum absolute atomic E-state index is 0. The number of hydrogen-bond donors (Lipinski definition) is 2. The lowest BCUT2D eigenvalue weighted by Crippen LogP contribution is -2.52. The van der Waals surface area contributed by atoms with E-state index in [4.69, 9.17) is 5.73 Å². The fourth-order valence-corrected chi connectivity index (χ4v) is 2.74. The summed E-state index contributed by atoms with van der Waals surface area (Å²) in [6.07, 6.45) is 4.29. The van der Waals surface area contributed by atoms with Crippen molar-refractivity contribution in [2.75, 3.05) is 6.54 Å². The smallest absolute Gasteiger partial charge is 0.242 e. The Morgan fingerprint density at radius 1 is 1.40 bits per heavy atom. The van der Waals surface area contributed by atoms with Crippen LogP contribution in [-0.2, 0) is 11.3 Å². The summed E-state index contributed by atoms with van der Waals surface area (Å²) in [5.41, 5.74) is 7.58. The van der Waals surface area contributed by atoms with E-state index in [1.54, 1.807) is 4.68 Å². The van der Waals surface area contributed by atoms with E-state index in [1.807, 2.05) is 19.9 Å². The van der Waals surface area contributed by atoms with Crippen LogP contribution in [0.4, 0.5) is 0 Å². The molecule has 0 aromatic carbocycles. The van der Waals surface area contributed by atoms with Crippen LogP contribution >= 0.6 is 24.8 Å². The molecule has 0 saturated heterocycles. The molecular weight excluding hydrogens is 299 g/mol. The summed E-state index contributed by atoms with van der Waals surface area (Å²) in [5.74, 6) is 0.00792. The van der Waals surface area contributed by atoms with Gasteiger partial charge in [0.05, 0.1) is 11.2 Å². The van der Waals surface area contributed by atoms with E-state index in [2.05, 4.69) is 10.4 Å². The third-order valence-corrected chi connectivity index (χ3v) is 3.75. The van der Waals surface area contributed by atoms with Crippen molar-refractivity contribution in [3.05, 3.63) is 17.5 Å². The van der Waals surface area contributed by atoms with Gasteiger partial charge in [-0.15, -0.1) is 24.8 Å². The molecule has 0 bridgehead atoms. The summed E-state index contributed by atoms with van der Waals surface area (Å²) in [6.45, 7) is 4.69. The number of hydrogen-bond acceptors (Lipinski definition) is 3. The molecule has 0 atom stereocenters. The van der Waals surface area contributed by atoms with Crippen molar-refractivity contribution >= 4 is 30.7 Å². The Morgan fingerprint density at radius 3 is 2.45 bits per heavy atom. The van der Waals surface area contributed by atoms with E-state index < -0.39 is 0 Å². The van der Waals surface area contributed by atoms with Crippen molar-refractivity contribution in [3.8, 4) is 0 Å². The Bertz CT molecular complexity index is 442. The molecular formula is C13H24Cl2N4O. The Morgan fingerprint density at radius 2 is 2.00 bits per heavy atom. The van der Waals surface area contributed by atoms with Crippen molar-refractivity contribution in [3.63, 3.8) is 0 Å². The Hall–Kier alpha value is -0.780. The first-order chi connectivity index (χ1) is 8.54. The van der Waals surface area contributed by atoms with Gasteiger partial charge in [-0.1, -0.05) is 12.8 Å².